The molecule has 0 spiro atoms. The minimum Gasteiger partial charge on any atom is -0.366 e. The molecule has 0 radical (unpaired) electrons. The summed E-state index contributed by atoms with van der Waals surface area (Å²) in [4.78, 5) is 10.9. The first-order chi connectivity index (χ1) is 7.59. The average molecular weight is 234 g/mol. The number of primary amides is 1. The zero-order valence-corrected chi connectivity index (χ0v) is 9.48. The maximum atomic E-state index is 10.9. The number of rotatable bonds is 2. The Morgan fingerprint density at radius 3 is 2.38 bits per heavy atom. The smallest absolute Gasteiger partial charge is 0.248 e. The SMILES string of the molecule is Cn1c(S)nnc1-c1ccc(C(N)=O)cc1. The molecule has 6 heteroatoms. The zero-order chi connectivity index (χ0) is 11.7. The van der Waals surface area contributed by atoms with Gasteiger partial charge in [-0.05, 0) is 12.1 Å². The molecule has 0 aliphatic rings. The summed E-state index contributed by atoms with van der Waals surface area (Å²) in [6.07, 6.45) is 0. The molecule has 0 saturated heterocycles. The van der Waals surface area contributed by atoms with E-state index >= 15 is 0 Å². The van der Waals surface area contributed by atoms with E-state index in [1.807, 2.05) is 7.05 Å². The molecule has 16 heavy (non-hydrogen) atoms. The lowest BCUT2D eigenvalue weighted by atomic mass is 10.1. The predicted octanol–water partition coefficient (Wildman–Crippen LogP) is 0.870. The van der Waals surface area contributed by atoms with Crippen LogP contribution in [0.4, 0.5) is 0 Å². The summed E-state index contributed by atoms with van der Waals surface area (Å²) < 4.78 is 1.75. The fourth-order valence-electron chi connectivity index (χ4n) is 1.36. The number of nitrogens with two attached hydrogens (primary N) is 1. The van der Waals surface area contributed by atoms with Crippen molar-refractivity contribution >= 4 is 18.5 Å². The molecule has 5 nitrogen and oxygen atoms in total. The lowest BCUT2D eigenvalue weighted by molar-refractivity contribution is 0.100. The molecule has 0 unspecified atom stereocenters. The van der Waals surface area contributed by atoms with Crippen LogP contribution in [0.2, 0.25) is 0 Å². The molecule has 0 fully saturated rings. The standard InChI is InChI=1S/C10H10N4OS/c1-14-9(12-13-10(14)16)7-4-2-6(3-5-7)8(11)15/h2-5H,1H3,(H2,11,15)(H,13,16). The molecule has 2 aromatic rings. The monoisotopic (exact) mass is 234 g/mol. The van der Waals surface area contributed by atoms with Crippen molar-refractivity contribution in [3.8, 4) is 11.4 Å². The number of aromatic nitrogens is 3. The highest BCUT2D eigenvalue weighted by atomic mass is 32.1. The van der Waals surface area contributed by atoms with E-state index in [1.165, 1.54) is 0 Å². The number of hydrogen-bond acceptors (Lipinski definition) is 4. The van der Waals surface area contributed by atoms with Crippen molar-refractivity contribution in [2.75, 3.05) is 0 Å². The Labute approximate surface area is 97.7 Å². The van der Waals surface area contributed by atoms with Gasteiger partial charge in [0.15, 0.2) is 11.0 Å². The van der Waals surface area contributed by atoms with Crippen LogP contribution in [0.15, 0.2) is 29.4 Å². The molecule has 1 amide bonds. The number of hydrogen-bond donors (Lipinski definition) is 2. The van der Waals surface area contributed by atoms with E-state index in [0.717, 1.165) is 5.56 Å². The molecular weight excluding hydrogens is 224 g/mol. The molecular formula is C10H10N4OS. The van der Waals surface area contributed by atoms with Gasteiger partial charge in [0.25, 0.3) is 0 Å². The quantitative estimate of drug-likeness (QED) is 0.757. The minimum absolute atomic E-state index is 0.445. The van der Waals surface area contributed by atoms with E-state index in [2.05, 4.69) is 22.8 Å². The highest BCUT2D eigenvalue weighted by molar-refractivity contribution is 7.80. The normalized spacial score (nSPS) is 10.4. The molecule has 0 aliphatic carbocycles. The van der Waals surface area contributed by atoms with E-state index < -0.39 is 5.91 Å². The molecule has 0 saturated carbocycles. The van der Waals surface area contributed by atoms with E-state index in [0.29, 0.717) is 16.5 Å². The maximum Gasteiger partial charge on any atom is 0.248 e. The van der Waals surface area contributed by atoms with Crippen LogP contribution >= 0.6 is 12.6 Å². The number of nitrogens with zero attached hydrogens (tertiary/aromatic N) is 3. The van der Waals surface area contributed by atoms with Crippen LogP contribution in [0.5, 0.6) is 0 Å². The Balaban J connectivity index is 2.42. The first kappa shape index (κ1) is 10.7. The first-order valence-corrected chi connectivity index (χ1v) is 5.03. The second-order valence-corrected chi connectivity index (χ2v) is 3.72. The van der Waals surface area contributed by atoms with Gasteiger partial charge in [-0.3, -0.25) is 4.79 Å². The van der Waals surface area contributed by atoms with Crippen LogP contribution in [-0.4, -0.2) is 20.7 Å². The van der Waals surface area contributed by atoms with Gasteiger partial charge in [0.05, 0.1) is 0 Å². The summed E-state index contributed by atoms with van der Waals surface area (Å²) in [7, 11) is 1.82. The Morgan fingerprint density at radius 1 is 1.31 bits per heavy atom. The number of carbonyl (C=O) groups is 1. The molecule has 0 atom stereocenters. The van der Waals surface area contributed by atoms with Crippen LogP contribution in [0.3, 0.4) is 0 Å². The first-order valence-electron chi connectivity index (χ1n) is 4.58. The molecule has 1 heterocycles. The van der Waals surface area contributed by atoms with Crippen molar-refractivity contribution in [1.82, 2.24) is 14.8 Å². The fourth-order valence-corrected chi connectivity index (χ4v) is 1.50. The number of carbonyl (C=O) groups excluding carboxylic acids is 1. The number of thiol groups is 1. The van der Waals surface area contributed by atoms with Crippen molar-refractivity contribution in [2.24, 2.45) is 12.8 Å². The van der Waals surface area contributed by atoms with Crippen molar-refractivity contribution in [1.29, 1.82) is 0 Å². The van der Waals surface area contributed by atoms with Gasteiger partial charge in [-0.25, -0.2) is 0 Å². The van der Waals surface area contributed by atoms with Crippen LogP contribution in [0, 0.1) is 0 Å². The van der Waals surface area contributed by atoms with Gasteiger partial charge in [-0.15, -0.1) is 22.8 Å². The van der Waals surface area contributed by atoms with Crippen LogP contribution < -0.4 is 5.73 Å². The Hall–Kier alpha value is -1.82. The second-order valence-electron chi connectivity index (χ2n) is 3.32. The fraction of sp³-hybridized carbons (Fsp3) is 0.100. The molecule has 2 rings (SSSR count). The summed E-state index contributed by atoms with van der Waals surface area (Å²) in [6, 6.07) is 6.86. The van der Waals surface area contributed by atoms with E-state index in [-0.39, 0.29) is 0 Å². The third-order valence-electron chi connectivity index (χ3n) is 2.28. The van der Waals surface area contributed by atoms with E-state index in [1.54, 1.807) is 28.8 Å². The summed E-state index contributed by atoms with van der Waals surface area (Å²) in [5.41, 5.74) is 6.48. The molecule has 1 aromatic heterocycles. The molecule has 1 aromatic carbocycles. The van der Waals surface area contributed by atoms with E-state index in [4.69, 9.17) is 5.73 Å². The van der Waals surface area contributed by atoms with Gasteiger partial charge in [0.1, 0.15) is 0 Å². The second kappa shape index (κ2) is 3.97. The zero-order valence-electron chi connectivity index (χ0n) is 8.58. The molecule has 82 valence electrons. The summed E-state index contributed by atoms with van der Waals surface area (Å²) in [5, 5.41) is 8.35. The van der Waals surface area contributed by atoms with Gasteiger partial charge >= 0.3 is 0 Å². The van der Waals surface area contributed by atoms with Gasteiger partial charge in [-0.1, -0.05) is 12.1 Å². The van der Waals surface area contributed by atoms with Gasteiger partial charge in [0.2, 0.25) is 5.91 Å². The third-order valence-corrected chi connectivity index (χ3v) is 2.67. The largest absolute Gasteiger partial charge is 0.366 e. The van der Waals surface area contributed by atoms with E-state index in [9.17, 15) is 4.79 Å². The lowest BCUT2D eigenvalue weighted by Crippen LogP contribution is -2.10. The average Bonchev–Trinajstić information content (AvgIpc) is 2.60. The third kappa shape index (κ3) is 1.79. The Morgan fingerprint density at radius 2 is 1.94 bits per heavy atom. The molecule has 0 bridgehead atoms. The number of benzene rings is 1. The van der Waals surface area contributed by atoms with Gasteiger partial charge in [-0.2, -0.15) is 0 Å². The molecule has 2 N–H and O–H groups in total. The van der Waals surface area contributed by atoms with Crippen LogP contribution in [0.25, 0.3) is 11.4 Å². The Kier molecular flexibility index (Phi) is 2.66. The lowest BCUT2D eigenvalue weighted by Gasteiger charge is -2.01. The highest BCUT2D eigenvalue weighted by Gasteiger charge is 2.08. The summed E-state index contributed by atoms with van der Waals surface area (Å²) in [5.74, 6) is 0.250. The highest BCUT2D eigenvalue weighted by Crippen LogP contribution is 2.18. The van der Waals surface area contributed by atoms with Crippen molar-refractivity contribution in [3.05, 3.63) is 29.8 Å². The van der Waals surface area contributed by atoms with Crippen molar-refractivity contribution < 1.29 is 4.79 Å². The molecule has 0 aliphatic heterocycles. The number of amides is 1. The van der Waals surface area contributed by atoms with Crippen molar-refractivity contribution in [3.63, 3.8) is 0 Å². The minimum atomic E-state index is -0.445. The Bertz CT molecular complexity index is 532. The van der Waals surface area contributed by atoms with Crippen LogP contribution in [0.1, 0.15) is 10.4 Å². The van der Waals surface area contributed by atoms with Crippen LogP contribution in [-0.2, 0) is 7.05 Å². The van der Waals surface area contributed by atoms with Gasteiger partial charge < -0.3 is 10.3 Å². The summed E-state index contributed by atoms with van der Waals surface area (Å²) in [6.45, 7) is 0. The summed E-state index contributed by atoms with van der Waals surface area (Å²) >= 11 is 4.14. The topological polar surface area (TPSA) is 73.8 Å². The van der Waals surface area contributed by atoms with Crippen molar-refractivity contribution in [2.45, 2.75) is 5.16 Å². The predicted molar refractivity (Wildman–Crippen MR) is 62.2 cm³/mol. The van der Waals surface area contributed by atoms with Gasteiger partial charge in [0, 0.05) is 18.2 Å². The maximum absolute atomic E-state index is 10.9.